The van der Waals surface area contributed by atoms with Crippen LogP contribution in [0.3, 0.4) is 0 Å². The fourth-order valence-electron chi connectivity index (χ4n) is 3.83. The van der Waals surface area contributed by atoms with Gasteiger partial charge < -0.3 is 10.2 Å². The standard InChI is InChI=1S/C22H25ClN2OS/c1-3-16-11-13-17(14-12-16)24-21(27)25(2)22(15-7-6-10-20(22)26)18-8-4-5-9-19(18)23/h4-5,8-9,11-14H,3,6-7,10,15H2,1-2H3,(H,24,27)/t22-/m1/s1. The maximum Gasteiger partial charge on any atom is 0.174 e. The lowest BCUT2D eigenvalue weighted by atomic mass is 9.74. The molecule has 3 nitrogen and oxygen atoms in total. The minimum absolute atomic E-state index is 0.176. The first-order valence-electron chi connectivity index (χ1n) is 9.41. The second-order valence-corrected chi connectivity index (χ2v) is 7.80. The average molecular weight is 401 g/mol. The van der Waals surface area contributed by atoms with Crippen LogP contribution >= 0.6 is 23.8 Å². The van der Waals surface area contributed by atoms with Crippen molar-refractivity contribution in [3.05, 3.63) is 64.7 Å². The summed E-state index contributed by atoms with van der Waals surface area (Å²) < 4.78 is 0. The molecular formula is C22H25ClN2OS. The van der Waals surface area contributed by atoms with E-state index in [-0.39, 0.29) is 5.78 Å². The van der Waals surface area contributed by atoms with Crippen LogP contribution in [-0.2, 0) is 16.8 Å². The van der Waals surface area contributed by atoms with Crippen LogP contribution < -0.4 is 5.32 Å². The molecule has 5 heteroatoms. The summed E-state index contributed by atoms with van der Waals surface area (Å²) in [5, 5.41) is 4.42. The molecule has 1 saturated carbocycles. The van der Waals surface area contributed by atoms with E-state index >= 15 is 0 Å². The second-order valence-electron chi connectivity index (χ2n) is 7.01. The fraction of sp³-hybridized carbons (Fsp3) is 0.364. The van der Waals surface area contributed by atoms with Crippen LogP contribution in [0.4, 0.5) is 5.69 Å². The Morgan fingerprint density at radius 1 is 1.19 bits per heavy atom. The zero-order valence-electron chi connectivity index (χ0n) is 15.8. The molecule has 1 fully saturated rings. The average Bonchev–Trinajstić information content (AvgIpc) is 2.69. The van der Waals surface area contributed by atoms with Crippen molar-refractivity contribution in [2.45, 2.75) is 44.6 Å². The first-order chi connectivity index (χ1) is 13.0. The molecule has 2 aromatic rings. The molecule has 0 heterocycles. The Bertz CT molecular complexity index is 836. The molecule has 0 aliphatic heterocycles. The van der Waals surface area contributed by atoms with Gasteiger partial charge >= 0.3 is 0 Å². The number of aryl methyl sites for hydroxylation is 1. The molecule has 142 valence electrons. The molecule has 27 heavy (non-hydrogen) atoms. The van der Waals surface area contributed by atoms with Gasteiger partial charge in [-0.15, -0.1) is 0 Å². The van der Waals surface area contributed by atoms with Gasteiger partial charge in [0.05, 0.1) is 0 Å². The molecule has 0 bridgehead atoms. The maximum atomic E-state index is 13.2. The molecule has 3 rings (SSSR count). The molecule has 1 N–H and O–H groups in total. The van der Waals surface area contributed by atoms with E-state index in [4.69, 9.17) is 23.8 Å². The quantitative estimate of drug-likeness (QED) is 0.680. The summed E-state index contributed by atoms with van der Waals surface area (Å²) in [7, 11) is 1.89. The number of benzene rings is 2. The van der Waals surface area contributed by atoms with Crippen LogP contribution in [0.1, 0.15) is 43.7 Å². The van der Waals surface area contributed by atoms with Gasteiger partial charge in [-0.2, -0.15) is 0 Å². The maximum absolute atomic E-state index is 13.2. The van der Waals surface area contributed by atoms with Crippen molar-refractivity contribution in [1.82, 2.24) is 4.90 Å². The Hall–Kier alpha value is -1.91. The van der Waals surface area contributed by atoms with Crippen molar-refractivity contribution >= 4 is 40.4 Å². The van der Waals surface area contributed by atoms with Crippen molar-refractivity contribution in [1.29, 1.82) is 0 Å². The lowest BCUT2D eigenvalue weighted by molar-refractivity contribution is -0.131. The second kappa shape index (κ2) is 8.41. The number of nitrogens with one attached hydrogen (secondary N) is 1. The molecule has 0 amide bonds. The number of anilines is 1. The molecule has 1 aliphatic rings. The van der Waals surface area contributed by atoms with E-state index in [9.17, 15) is 4.79 Å². The van der Waals surface area contributed by atoms with Gasteiger partial charge in [-0.3, -0.25) is 4.79 Å². The third kappa shape index (κ3) is 3.87. The minimum atomic E-state index is -0.815. The molecule has 0 spiro atoms. The van der Waals surface area contributed by atoms with Crippen LogP contribution in [0.15, 0.2) is 48.5 Å². The number of halogens is 1. The summed E-state index contributed by atoms with van der Waals surface area (Å²) in [5.41, 5.74) is 2.21. The third-order valence-corrected chi connectivity index (χ3v) is 6.17. The number of hydrogen-bond acceptors (Lipinski definition) is 2. The van der Waals surface area contributed by atoms with Gasteiger partial charge in [-0.05, 0) is 61.7 Å². The highest BCUT2D eigenvalue weighted by Crippen LogP contribution is 2.42. The van der Waals surface area contributed by atoms with Gasteiger partial charge in [0, 0.05) is 29.7 Å². The number of Topliss-reactive ketones (excluding diaryl/α,β-unsaturated/α-hetero) is 1. The van der Waals surface area contributed by atoms with Gasteiger partial charge in [0.25, 0.3) is 0 Å². The molecule has 0 radical (unpaired) electrons. The number of nitrogens with zero attached hydrogens (tertiary/aromatic N) is 1. The van der Waals surface area contributed by atoms with Crippen LogP contribution in [0.25, 0.3) is 0 Å². The van der Waals surface area contributed by atoms with E-state index in [1.165, 1.54) is 5.56 Å². The molecule has 0 saturated heterocycles. The normalized spacial score (nSPS) is 19.6. The Kier molecular flexibility index (Phi) is 6.18. The van der Waals surface area contributed by atoms with E-state index in [1.54, 1.807) is 0 Å². The number of thiocarbonyl (C=S) groups is 1. The zero-order valence-corrected chi connectivity index (χ0v) is 17.4. The summed E-state index contributed by atoms with van der Waals surface area (Å²) in [6.07, 6.45) is 4.13. The van der Waals surface area contributed by atoms with Gasteiger partial charge in [-0.1, -0.05) is 48.9 Å². The highest BCUT2D eigenvalue weighted by atomic mass is 35.5. The Morgan fingerprint density at radius 2 is 1.89 bits per heavy atom. The summed E-state index contributed by atoms with van der Waals surface area (Å²) in [6, 6.07) is 15.8. The predicted octanol–water partition coefficient (Wildman–Crippen LogP) is 5.57. The minimum Gasteiger partial charge on any atom is -0.335 e. The van der Waals surface area contributed by atoms with E-state index in [2.05, 4.69) is 24.4 Å². The Morgan fingerprint density at radius 3 is 2.52 bits per heavy atom. The van der Waals surface area contributed by atoms with Crippen molar-refractivity contribution in [2.24, 2.45) is 0 Å². The van der Waals surface area contributed by atoms with E-state index in [0.717, 1.165) is 30.5 Å². The van der Waals surface area contributed by atoms with Gasteiger partial charge in [0.2, 0.25) is 0 Å². The number of likely N-dealkylation sites (N-methyl/N-ethyl adjacent to an activating group) is 1. The summed E-state index contributed by atoms with van der Waals surface area (Å²) in [6.45, 7) is 2.13. The molecule has 1 aliphatic carbocycles. The topological polar surface area (TPSA) is 32.3 Å². The Labute approximate surface area is 171 Å². The van der Waals surface area contributed by atoms with Crippen molar-refractivity contribution < 1.29 is 4.79 Å². The monoisotopic (exact) mass is 400 g/mol. The van der Waals surface area contributed by atoms with Crippen LogP contribution in [-0.4, -0.2) is 22.8 Å². The van der Waals surface area contributed by atoms with Crippen LogP contribution in [0.5, 0.6) is 0 Å². The number of carbonyl (C=O) groups excluding carboxylic acids is 1. The first kappa shape index (κ1) is 19.8. The molecule has 0 unspecified atom stereocenters. The highest BCUT2D eigenvalue weighted by molar-refractivity contribution is 7.80. The first-order valence-corrected chi connectivity index (χ1v) is 10.2. The SMILES string of the molecule is CCc1ccc(NC(=S)N(C)[C@@]2(c3ccccc3Cl)CCCCC2=O)cc1. The van der Waals surface area contributed by atoms with Crippen molar-refractivity contribution in [3.8, 4) is 0 Å². The third-order valence-electron chi connectivity index (χ3n) is 5.46. The number of carbonyl (C=O) groups is 1. The zero-order chi connectivity index (χ0) is 19.4. The van der Waals surface area contributed by atoms with Gasteiger partial charge in [0.1, 0.15) is 5.54 Å². The van der Waals surface area contributed by atoms with E-state index in [0.29, 0.717) is 23.0 Å². The number of ketones is 1. The van der Waals surface area contributed by atoms with Crippen LogP contribution in [0, 0.1) is 0 Å². The predicted molar refractivity (Wildman–Crippen MR) is 116 cm³/mol. The molecule has 0 aromatic heterocycles. The summed E-state index contributed by atoms with van der Waals surface area (Å²) >= 11 is 12.2. The smallest absolute Gasteiger partial charge is 0.174 e. The van der Waals surface area contributed by atoms with Crippen LogP contribution in [0.2, 0.25) is 5.02 Å². The van der Waals surface area contributed by atoms with Crippen molar-refractivity contribution in [3.63, 3.8) is 0 Å². The largest absolute Gasteiger partial charge is 0.335 e. The van der Waals surface area contributed by atoms with Crippen molar-refractivity contribution in [2.75, 3.05) is 12.4 Å². The highest BCUT2D eigenvalue weighted by Gasteiger charge is 2.47. The summed E-state index contributed by atoms with van der Waals surface area (Å²) in [4.78, 5) is 15.1. The summed E-state index contributed by atoms with van der Waals surface area (Å²) in [5.74, 6) is 0.176. The lowest BCUT2D eigenvalue weighted by Crippen LogP contribution is -2.55. The molecular weight excluding hydrogens is 376 g/mol. The number of hydrogen-bond donors (Lipinski definition) is 1. The lowest BCUT2D eigenvalue weighted by Gasteiger charge is -2.45. The number of rotatable bonds is 4. The van der Waals surface area contributed by atoms with E-state index in [1.807, 2.05) is 48.3 Å². The van der Waals surface area contributed by atoms with E-state index < -0.39 is 5.54 Å². The fourth-order valence-corrected chi connectivity index (χ4v) is 4.40. The van der Waals surface area contributed by atoms with Gasteiger partial charge in [0.15, 0.2) is 10.9 Å². The van der Waals surface area contributed by atoms with Gasteiger partial charge in [-0.25, -0.2) is 0 Å². The molecule has 1 atom stereocenters. The Balaban J connectivity index is 1.93. The molecule has 2 aromatic carbocycles.